The van der Waals surface area contributed by atoms with E-state index in [0.717, 1.165) is 13.1 Å². The molecule has 1 saturated heterocycles. The van der Waals surface area contributed by atoms with Crippen molar-refractivity contribution < 1.29 is 9.13 Å². The average molecular weight is 203 g/mol. The summed E-state index contributed by atoms with van der Waals surface area (Å²) in [6, 6.07) is 1.43. The van der Waals surface area contributed by atoms with Gasteiger partial charge in [0.15, 0.2) is 5.75 Å². The Morgan fingerprint density at radius 1 is 1.62 bits per heavy atom. The summed E-state index contributed by atoms with van der Waals surface area (Å²) in [6.45, 7) is 1.48. The maximum atomic E-state index is 13.0. The maximum Gasteiger partial charge on any atom is 0.255 e. The Morgan fingerprint density at radius 3 is 3.00 bits per heavy atom. The quantitative estimate of drug-likeness (QED) is 0.733. The van der Waals surface area contributed by atoms with Gasteiger partial charge in [0, 0.05) is 25.4 Å². The first kappa shape index (κ1) is 8.72. The average Bonchev–Trinajstić information content (AvgIpc) is 2.03. The highest BCUT2D eigenvalue weighted by molar-refractivity contribution is 6.30. The Balaban J connectivity index is 2.13. The lowest BCUT2D eigenvalue weighted by Gasteiger charge is -2.27. The number of nitrogens with zero attached hydrogens (tertiary/aromatic N) is 1. The molecule has 1 N–H and O–H groups in total. The Bertz CT molecular complexity index is 317. The van der Waals surface area contributed by atoms with Crippen molar-refractivity contribution in [3.05, 3.63) is 23.2 Å². The first-order valence-electron chi connectivity index (χ1n) is 3.94. The Kier molecular flexibility index (Phi) is 2.33. The van der Waals surface area contributed by atoms with Crippen LogP contribution in [0.2, 0.25) is 5.02 Å². The molecule has 0 atom stereocenters. The number of hydrogen-bond donors (Lipinski definition) is 1. The molecule has 0 bridgehead atoms. The predicted octanol–water partition coefficient (Wildman–Crippen LogP) is 1.22. The van der Waals surface area contributed by atoms with Gasteiger partial charge in [-0.2, -0.15) is 4.39 Å². The van der Waals surface area contributed by atoms with Gasteiger partial charge in [0.2, 0.25) is 0 Å². The van der Waals surface area contributed by atoms with E-state index in [2.05, 4.69) is 10.3 Å². The zero-order valence-electron chi connectivity index (χ0n) is 6.76. The van der Waals surface area contributed by atoms with Gasteiger partial charge in [0.1, 0.15) is 6.10 Å². The smallest absolute Gasteiger partial charge is 0.255 e. The molecule has 1 aliphatic heterocycles. The molecular formula is C8H8ClFN2O. The molecule has 70 valence electrons. The van der Waals surface area contributed by atoms with Crippen LogP contribution in [0.15, 0.2) is 12.3 Å². The first-order valence-corrected chi connectivity index (χ1v) is 4.32. The van der Waals surface area contributed by atoms with Gasteiger partial charge < -0.3 is 10.1 Å². The van der Waals surface area contributed by atoms with Gasteiger partial charge in [-0.25, -0.2) is 4.98 Å². The lowest BCUT2D eigenvalue weighted by molar-refractivity contribution is 0.135. The second kappa shape index (κ2) is 3.47. The topological polar surface area (TPSA) is 34.1 Å². The van der Waals surface area contributed by atoms with Gasteiger partial charge in [0.25, 0.3) is 5.95 Å². The van der Waals surface area contributed by atoms with Gasteiger partial charge >= 0.3 is 0 Å². The third kappa shape index (κ3) is 1.89. The number of nitrogens with one attached hydrogen (secondary N) is 1. The summed E-state index contributed by atoms with van der Waals surface area (Å²) < 4.78 is 18.3. The van der Waals surface area contributed by atoms with Crippen LogP contribution in [-0.2, 0) is 0 Å². The van der Waals surface area contributed by atoms with Crippen LogP contribution in [0.1, 0.15) is 0 Å². The fraction of sp³-hybridized carbons (Fsp3) is 0.375. The van der Waals surface area contributed by atoms with Crippen LogP contribution in [0.3, 0.4) is 0 Å². The Hall–Kier alpha value is -0.870. The molecule has 0 aliphatic carbocycles. The van der Waals surface area contributed by atoms with Crippen molar-refractivity contribution in [2.75, 3.05) is 13.1 Å². The highest BCUT2D eigenvalue weighted by Crippen LogP contribution is 2.21. The molecule has 5 heteroatoms. The highest BCUT2D eigenvalue weighted by Gasteiger charge is 2.20. The summed E-state index contributed by atoms with van der Waals surface area (Å²) >= 11 is 5.64. The van der Waals surface area contributed by atoms with Crippen molar-refractivity contribution in [2.45, 2.75) is 6.10 Å². The molecule has 0 radical (unpaired) electrons. The van der Waals surface area contributed by atoms with Crippen LogP contribution < -0.4 is 10.1 Å². The minimum Gasteiger partial charge on any atom is -0.483 e. The van der Waals surface area contributed by atoms with Crippen LogP contribution >= 0.6 is 11.6 Å². The second-order valence-electron chi connectivity index (χ2n) is 2.84. The highest BCUT2D eigenvalue weighted by atomic mass is 35.5. The molecule has 2 heterocycles. The van der Waals surface area contributed by atoms with E-state index in [9.17, 15) is 4.39 Å². The molecular weight excluding hydrogens is 195 g/mol. The Morgan fingerprint density at radius 2 is 2.38 bits per heavy atom. The molecule has 0 spiro atoms. The van der Waals surface area contributed by atoms with Crippen molar-refractivity contribution >= 4 is 11.6 Å². The van der Waals surface area contributed by atoms with Crippen LogP contribution in [0, 0.1) is 5.95 Å². The number of ether oxygens (including phenoxy) is 1. The van der Waals surface area contributed by atoms with Crippen LogP contribution in [0.25, 0.3) is 0 Å². The molecule has 0 amide bonds. The lowest BCUT2D eigenvalue weighted by Crippen LogP contribution is -2.50. The normalized spacial score (nSPS) is 16.8. The van der Waals surface area contributed by atoms with E-state index in [0.29, 0.717) is 5.02 Å². The van der Waals surface area contributed by atoms with E-state index in [1.165, 1.54) is 12.3 Å². The molecule has 1 aromatic heterocycles. The molecule has 1 fully saturated rings. The third-order valence-corrected chi connectivity index (χ3v) is 2.02. The van der Waals surface area contributed by atoms with Gasteiger partial charge in [-0.3, -0.25) is 0 Å². The number of hydrogen-bond acceptors (Lipinski definition) is 3. The maximum absolute atomic E-state index is 13.0. The predicted molar refractivity (Wildman–Crippen MR) is 46.5 cm³/mol. The molecule has 3 nitrogen and oxygen atoms in total. The number of pyridine rings is 1. The van der Waals surface area contributed by atoms with Crippen LogP contribution in [-0.4, -0.2) is 24.2 Å². The first-order chi connectivity index (χ1) is 6.25. The van der Waals surface area contributed by atoms with Crippen molar-refractivity contribution in [1.82, 2.24) is 10.3 Å². The van der Waals surface area contributed by atoms with Gasteiger partial charge in [-0.15, -0.1) is 0 Å². The zero-order chi connectivity index (χ0) is 9.26. The number of rotatable bonds is 2. The summed E-state index contributed by atoms with van der Waals surface area (Å²) in [7, 11) is 0. The van der Waals surface area contributed by atoms with E-state index >= 15 is 0 Å². The van der Waals surface area contributed by atoms with Gasteiger partial charge in [-0.05, 0) is 0 Å². The van der Waals surface area contributed by atoms with E-state index < -0.39 is 5.95 Å². The van der Waals surface area contributed by atoms with Crippen LogP contribution in [0.4, 0.5) is 4.39 Å². The standard InChI is InChI=1S/C8H8ClFN2O/c9-5-1-7(8(10)12-2-5)13-6-3-11-4-6/h1-2,6,11H,3-4H2. The molecule has 13 heavy (non-hydrogen) atoms. The summed E-state index contributed by atoms with van der Waals surface area (Å²) in [5.74, 6) is -0.490. The summed E-state index contributed by atoms with van der Waals surface area (Å²) in [4.78, 5) is 3.45. The van der Waals surface area contributed by atoms with E-state index in [-0.39, 0.29) is 11.9 Å². The van der Waals surface area contributed by atoms with E-state index in [1.807, 2.05) is 0 Å². The Labute approximate surface area is 79.9 Å². The third-order valence-electron chi connectivity index (χ3n) is 1.81. The van der Waals surface area contributed by atoms with Crippen molar-refractivity contribution in [1.29, 1.82) is 0 Å². The SMILES string of the molecule is Fc1ncc(Cl)cc1OC1CNC1. The summed E-state index contributed by atoms with van der Waals surface area (Å²) in [6.07, 6.45) is 1.29. The zero-order valence-corrected chi connectivity index (χ0v) is 7.51. The second-order valence-corrected chi connectivity index (χ2v) is 3.28. The molecule has 0 saturated carbocycles. The molecule has 1 aromatic rings. The van der Waals surface area contributed by atoms with Gasteiger partial charge in [0.05, 0.1) is 5.02 Å². The van der Waals surface area contributed by atoms with E-state index in [4.69, 9.17) is 16.3 Å². The van der Waals surface area contributed by atoms with Gasteiger partial charge in [-0.1, -0.05) is 11.6 Å². The van der Waals surface area contributed by atoms with Crippen molar-refractivity contribution in [3.8, 4) is 5.75 Å². The number of halogens is 2. The van der Waals surface area contributed by atoms with Crippen LogP contribution in [0.5, 0.6) is 5.75 Å². The fourth-order valence-corrected chi connectivity index (χ4v) is 1.16. The molecule has 1 aliphatic rings. The molecule has 0 unspecified atom stereocenters. The number of aromatic nitrogens is 1. The fourth-order valence-electron chi connectivity index (χ4n) is 1.01. The molecule has 2 rings (SSSR count). The monoisotopic (exact) mass is 202 g/mol. The lowest BCUT2D eigenvalue weighted by atomic mass is 10.2. The summed E-state index contributed by atoms with van der Waals surface area (Å²) in [5.41, 5.74) is 0. The van der Waals surface area contributed by atoms with E-state index in [1.54, 1.807) is 0 Å². The summed E-state index contributed by atoms with van der Waals surface area (Å²) in [5, 5.41) is 3.39. The minimum absolute atomic E-state index is 0.0368. The molecule has 0 aromatic carbocycles. The van der Waals surface area contributed by atoms with Crippen molar-refractivity contribution in [3.63, 3.8) is 0 Å². The van der Waals surface area contributed by atoms with Crippen molar-refractivity contribution in [2.24, 2.45) is 0 Å². The minimum atomic E-state index is -0.615. The largest absolute Gasteiger partial charge is 0.483 e.